The summed E-state index contributed by atoms with van der Waals surface area (Å²) in [5, 5.41) is 22.5. The summed E-state index contributed by atoms with van der Waals surface area (Å²) in [7, 11) is 1.79. The minimum Gasteiger partial charge on any atom is -0.489 e. The van der Waals surface area contributed by atoms with Crippen LogP contribution in [0.2, 0.25) is 5.02 Å². The van der Waals surface area contributed by atoms with E-state index in [1.807, 2.05) is 11.0 Å². The zero-order chi connectivity index (χ0) is 51.7. The first-order valence-electron chi connectivity index (χ1n) is 25.9. The van der Waals surface area contributed by atoms with Gasteiger partial charge in [0, 0.05) is 136 Å². The van der Waals surface area contributed by atoms with Crippen molar-refractivity contribution in [3.63, 3.8) is 0 Å². The van der Waals surface area contributed by atoms with Gasteiger partial charge in [-0.3, -0.25) is 19.0 Å². The summed E-state index contributed by atoms with van der Waals surface area (Å²) in [5.41, 5.74) is 5.12. The molecule has 2 atom stereocenters. The number of hydrogen-bond donors (Lipinski definition) is 1. The molecule has 386 valence electrons. The third-order valence-corrected chi connectivity index (χ3v) is 17.2. The molecule has 73 heavy (non-hydrogen) atoms. The van der Waals surface area contributed by atoms with Crippen LogP contribution in [-0.4, -0.2) is 109 Å². The van der Waals surface area contributed by atoms with E-state index in [0.717, 1.165) is 86.7 Å². The summed E-state index contributed by atoms with van der Waals surface area (Å²) in [6.07, 6.45) is 8.01. The van der Waals surface area contributed by atoms with Crippen molar-refractivity contribution in [2.75, 3.05) is 55.6 Å². The third-order valence-electron chi connectivity index (χ3n) is 16.8. The molecule has 5 aromatic rings. The fraction of sp³-hybridized carbons (Fsp3) is 0.545. The number of nitrogens with one attached hydrogen (secondary N) is 1. The largest absolute Gasteiger partial charge is 0.489 e. The van der Waals surface area contributed by atoms with Crippen molar-refractivity contribution >= 4 is 40.9 Å². The molecule has 2 amide bonds. The van der Waals surface area contributed by atoms with Gasteiger partial charge < -0.3 is 29.7 Å². The van der Waals surface area contributed by atoms with Gasteiger partial charge in [-0.05, 0) is 78.8 Å². The van der Waals surface area contributed by atoms with Crippen LogP contribution >= 0.6 is 11.6 Å². The SMILES string of the molecule is CC(=O)N1CCc2c(c(N3CCCc4cc(-c5cnn(C)c5)c(C(F)F)cc43)nn2C2CCN(CC3C(C)CN(c4ncc(C(=O)NC5C(C)(C)C(Oc6ccc(C#N)c(Cl)c6)C5(C)C)cn4)CC3C)CC2)C1. The number of anilines is 3. The van der Waals surface area contributed by atoms with E-state index in [0.29, 0.717) is 82.8 Å². The number of fused-ring (bicyclic) bond motifs is 2. The number of aromatic nitrogens is 6. The predicted molar refractivity (Wildman–Crippen MR) is 276 cm³/mol. The number of alkyl halides is 2. The summed E-state index contributed by atoms with van der Waals surface area (Å²) >= 11 is 6.29. The van der Waals surface area contributed by atoms with Crippen molar-refractivity contribution in [1.82, 2.24) is 44.6 Å². The number of hydrogen-bond acceptors (Lipinski definition) is 11. The summed E-state index contributed by atoms with van der Waals surface area (Å²) in [6.45, 7) is 20.8. The lowest BCUT2D eigenvalue weighted by molar-refractivity contribution is -0.164. The lowest BCUT2D eigenvalue weighted by Crippen LogP contribution is -2.74. The monoisotopic (exact) mass is 1020 g/mol. The molecule has 2 unspecified atom stereocenters. The number of nitrogens with zero attached hydrogens (tertiary/aromatic N) is 11. The van der Waals surface area contributed by atoms with Gasteiger partial charge >= 0.3 is 0 Å². The third kappa shape index (κ3) is 9.43. The first kappa shape index (κ1) is 50.4. The second-order valence-corrected chi connectivity index (χ2v) is 22.9. The van der Waals surface area contributed by atoms with Crippen molar-refractivity contribution in [3.05, 3.63) is 93.7 Å². The van der Waals surface area contributed by atoms with Crippen molar-refractivity contribution in [2.24, 2.45) is 35.6 Å². The van der Waals surface area contributed by atoms with Crippen LogP contribution in [0.5, 0.6) is 5.75 Å². The molecule has 2 saturated heterocycles. The van der Waals surface area contributed by atoms with Crippen LogP contribution in [0.4, 0.5) is 26.2 Å². The Morgan fingerprint density at radius 2 is 1.68 bits per heavy atom. The summed E-state index contributed by atoms with van der Waals surface area (Å²) < 4.78 is 39.9. The van der Waals surface area contributed by atoms with E-state index in [9.17, 15) is 23.6 Å². The molecule has 1 aliphatic carbocycles. The normalized spacial score (nSPS) is 23.9. The first-order chi connectivity index (χ1) is 34.8. The fourth-order valence-electron chi connectivity index (χ4n) is 13.3. The van der Waals surface area contributed by atoms with Crippen molar-refractivity contribution in [3.8, 4) is 22.9 Å². The molecule has 3 fully saturated rings. The van der Waals surface area contributed by atoms with Crippen LogP contribution in [0.15, 0.2) is 55.1 Å². The highest BCUT2D eigenvalue weighted by Gasteiger charge is 2.64. The van der Waals surface area contributed by atoms with E-state index < -0.39 is 17.3 Å². The minimum absolute atomic E-state index is 0.0164. The molecule has 18 heteroatoms. The Balaban J connectivity index is 0.769. The Morgan fingerprint density at radius 3 is 2.32 bits per heavy atom. The Labute approximate surface area is 431 Å². The Hall–Kier alpha value is -6.12. The number of aryl methyl sites for hydroxylation is 2. The van der Waals surface area contributed by atoms with Crippen LogP contribution in [0.25, 0.3) is 11.1 Å². The maximum Gasteiger partial charge on any atom is 0.264 e. The number of amides is 2. The highest BCUT2D eigenvalue weighted by atomic mass is 35.5. The maximum absolute atomic E-state index is 14.8. The van der Waals surface area contributed by atoms with Gasteiger partial charge in [-0.15, -0.1) is 0 Å². The number of nitriles is 1. The maximum atomic E-state index is 14.8. The Kier molecular flexibility index (Phi) is 13.6. The molecular weight excluding hydrogens is 950 g/mol. The number of carbonyl (C=O) groups is 2. The predicted octanol–water partition coefficient (Wildman–Crippen LogP) is 9.18. The molecule has 1 saturated carbocycles. The number of ether oxygens (including phenoxy) is 1. The molecule has 3 aromatic heterocycles. The van der Waals surface area contributed by atoms with Gasteiger partial charge in [0.2, 0.25) is 11.9 Å². The zero-order valence-electron chi connectivity index (χ0n) is 43.2. The molecule has 5 aliphatic rings. The van der Waals surface area contributed by atoms with Gasteiger partial charge in [0.15, 0.2) is 5.82 Å². The quantitative estimate of drug-likeness (QED) is 0.135. The molecule has 15 nitrogen and oxygen atoms in total. The van der Waals surface area contributed by atoms with Crippen molar-refractivity contribution < 1.29 is 23.1 Å². The van der Waals surface area contributed by atoms with Crippen LogP contribution in [0.1, 0.15) is 119 Å². The molecular formula is C55H67ClF2N12O3. The number of likely N-dealkylation sites (tertiary alicyclic amines) is 1. The second-order valence-electron chi connectivity index (χ2n) is 22.5. The number of halogens is 3. The van der Waals surface area contributed by atoms with E-state index >= 15 is 0 Å². The lowest BCUT2D eigenvalue weighted by atomic mass is 9.49. The van der Waals surface area contributed by atoms with E-state index in [1.165, 1.54) is 0 Å². The van der Waals surface area contributed by atoms with Gasteiger partial charge in [-0.25, -0.2) is 18.7 Å². The van der Waals surface area contributed by atoms with Gasteiger partial charge in [-0.2, -0.15) is 15.5 Å². The molecule has 4 aliphatic heterocycles. The number of piperidine rings is 2. The molecule has 2 aromatic carbocycles. The highest BCUT2D eigenvalue weighted by molar-refractivity contribution is 6.31. The zero-order valence-corrected chi connectivity index (χ0v) is 44.0. The molecule has 0 spiro atoms. The van der Waals surface area contributed by atoms with Crippen LogP contribution in [-0.2, 0) is 31.2 Å². The topological polar surface area (TPSA) is 154 Å². The molecule has 0 radical (unpaired) electrons. The smallest absolute Gasteiger partial charge is 0.264 e. The first-order valence-corrected chi connectivity index (χ1v) is 26.2. The van der Waals surface area contributed by atoms with Crippen LogP contribution in [0.3, 0.4) is 0 Å². The van der Waals surface area contributed by atoms with Gasteiger partial charge in [0.25, 0.3) is 12.3 Å². The average molecular weight is 1020 g/mol. The van der Waals surface area contributed by atoms with E-state index in [4.69, 9.17) is 31.4 Å². The number of carbonyl (C=O) groups excluding carboxylic acids is 2. The molecule has 10 rings (SSSR count). The van der Waals surface area contributed by atoms with Crippen molar-refractivity contribution in [2.45, 2.75) is 112 Å². The van der Waals surface area contributed by atoms with E-state index in [1.54, 1.807) is 67.7 Å². The molecule has 0 bridgehead atoms. The summed E-state index contributed by atoms with van der Waals surface area (Å²) in [4.78, 5) is 44.7. The van der Waals surface area contributed by atoms with E-state index in [-0.39, 0.29) is 35.6 Å². The highest BCUT2D eigenvalue weighted by Crippen LogP contribution is 2.56. The van der Waals surface area contributed by atoms with Gasteiger partial charge in [-0.1, -0.05) is 53.1 Å². The second kappa shape index (κ2) is 19.6. The molecule has 1 N–H and O–H groups in total. The summed E-state index contributed by atoms with van der Waals surface area (Å²) in [6, 6.07) is 10.7. The van der Waals surface area contributed by atoms with E-state index in [2.05, 4.69) is 77.4 Å². The number of rotatable bonds is 11. The number of benzene rings is 2. The molecule has 7 heterocycles. The van der Waals surface area contributed by atoms with Crippen LogP contribution < -0.4 is 19.9 Å². The summed E-state index contributed by atoms with van der Waals surface area (Å²) in [5.74, 6) is 3.02. The fourth-order valence-corrected chi connectivity index (χ4v) is 13.5. The van der Waals surface area contributed by atoms with Gasteiger partial charge in [0.1, 0.15) is 17.9 Å². The van der Waals surface area contributed by atoms with Crippen LogP contribution in [0, 0.1) is 39.9 Å². The Morgan fingerprint density at radius 1 is 0.973 bits per heavy atom. The minimum atomic E-state index is -2.67. The standard InChI is InChI=1S/C55H67ClF2N12O3/c1-32-27-68(53-60-24-37(25-61-53)50(72)63-51-54(4,5)52(55(51,6)7)73-40-12-11-36(23-59)45(56)21-40)28-33(2)43(32)30-66-17-13-39(14-18-66)70-46-15-19-67(34(3)71)31-44(46)49(64-70)69-16-9-10-35-20-41(38-26-62-65(8)29-38)42(48(57)58)22-47(35)69/h11-12,20-22,24-26,29,32-33,39,43,48,51-52H,9-10,13-19,27-28,30-31H2,1-8H3,(H,63,72). The average Bonchev–Trinajstić information content (AvgIpc) is 3.98. The lowest BCUT2D eigenvalue weighted by Gasteiger charge is -2.63. The Bertz CT molecular complexity index is 2910. The van der Waals surface area contributed by atoms with Crippen molar-refractivity contribution in [1.29, 1.82) is 5.26 Å². The van der Waals surface area contributed by atoms with Gasteiger partial charge in [0.05, 0.1) is 34.9 Å².